The van der Waals surface area contributed by atoms with Gasteiger partial charge in [-0.05, 0) is 19.4 Å². The number of carbonyl (C=O) groups excluding carboxylic acids is 1. The van der Waals surface area contributed by atoms with E-state index >= 15 is 0 Å². The maximum atomic E-state index is 11.4. The third-order valence-electron chi connectivity index (χ3n) is 2.06. The number of nitrogens with two attached hydrogens (primary N) is 1. The topological polar surface area (TPSA) is 61.5 Å². The number of rotatable bonds is 6. The Hall–Kier alpha value is -1.39. The molecule has 2 N–H and O–H groups in total. The van der Waals surface area contributed by atoms with Crippen LogP contribution in [-0.4, -0.2) is 24.7 Å². The van der Waals surface area contributed by atoms with Crippen molar-refractivity contribution < 1.29 is 14.3 Å². The first-order chi connectivity index (χ1) is 8.09. The van der Waals surface area contributed by atoms with Gasteiger partial charge in [-0.1, -0.05) is 30.3 Å². The van der Waals surface area contributed by atoms with Crippen molar-refractivity contribution >= 4 is 5.97 Å². The number of ether oxygens (including phenoxy) is 2. The van der Waals surface area contributed by atoms with Crippen LogP contribution >= 0.6 is 0 Å². The maximum absolute atomic E-state index is 11.4. The van der Waals surface area contributed by atoms with Crippen molar-refractivity contribution in [1.29, 1.82) is 0 Å². The molecule has 4 heteroatoms. The van der Waals surface area contributed by atoms with Crippen molar-refractivity contribution in [3.63, 3.8) is 0 Å². The van der Waals surface area contributed by atoms with E-state index in [4.69, 9.17) is 15.2 Å². The van der Waals surface area contributed by atoms with Gasteiger partial charge in [0.2, 0.25) is 0 Å². The van der Waals surface area contributed by atoms with Crippen molar-refractivity contribution in [3.8, 4) is 0 Å². The molecule has 0 radical (unpaired) electrons. The van der Waals surface area contributed by atoms with E-state index in [1.807, 2.05) is 30.3 Å². The molecule has 0 heterocycles. The quantitative estimate of drug-likeness (QED) is 0.761. The molecule has 94 valence electrons. The van der Waals surface area contributed by atoms with Crippen LogP contribution in [0.4, 0.5) is 0 Å². The molecule has 4 nitrogen and oxygen atoms in total. The highest BCUT2D eigenvalue weighted by atomic mass is 16.5. The molecule has 0 saturated carbocycles. The number of benzene rings is 1. The zero-order chi connectivity index (χ0) is 12.7. The van der Waals surface area contributed by atoms with Gasteiger partial charge in [0.15, 0.2) is 0 Å². The minimum atomic E-state index is -0.721. The fourth-order valence-corrected chi connectivity index (χ4v) is 1.27. The van der Waals surface area contributed by atoms with Crippen LogP contribution in [-0.2, 0) is 20.9 Å². The Morgan fingerprint density at radius 2 is 1.94 bits per heavy atom. The zero-order valence-corrected chi connectivity index (χ0v) is 10.3. The molecule has 0 unspecified atom stereocenters. The first-order valence-electron chi connectivity index (χ1n) is 5.67. The lowest BCUT2D eigenvalue weighted by atomic mass is 10.2. The monoisotopic (exact) mass is 237 g/mol. The van der Waals surface area contributed by atoms with E-state index in [1.165, 1.54) is 0 Å². The lowest BCUT2D eigenvalue weighted by molar-refractivity contribution is -0.150. The molecular weight excluding hydrogens is 218 g/mol. The Kier molecular flexibility index (Phi) is 5.66. The lowest BCUT2D eigenvalue weighted by Crippen LogP contribution is -2.37. The molecule has 1 rings (SSSR count). The molecular formula is C13H19NO3. The van der Waals surface area contributed by atoms with E-state index in [9.17, 15) is 4.79 Å². The highest BCUT2D eigenvalue weighted by molar-refractivity contribution is 5.75. The van der Waals surface area contributed by atoms with Crippen molar-refractivity contribution in [2.75, 3.05) is 6.61 Å². The standard InChI is InChI=1S/C13H19NO3/c1-10(2)17-13(15)12(14)9-16-8-11-6-4-3-5-7-11/h3-7,10,12H,8-9,14H2,1-2H3/t12-/m0/s1. The molecule has 1 aromatic rings. The smallest absolute Gasteiger partial charge is 0.325 e. The van der Waals surface area contributed by atoms with Gasteiger partial charge < -0.3 is 15.2 Å². The van der Waals surface area contributed by atoms with Crippen LogP contribution in [0.5, 0.6) is 0 Å². The summed E-state index contributed by atoms with van der Waals surface area (Å²) in [5.41, 5.74) is 6.68. The predicted molar refractivity (Wildman–Crippen MR) is 65.3 cm³/mol. The first-order valence-corrected chi connectivity index (χ1v) is 5.67. The van der Waals surface area contributed by atoms with Gasteiger partial charge in [-0.2, -0.15) is 0 Å². The molecule has 1 atom stereocenters. The SMILES string of the molecule is CC(C)OC(=O)[C@@H](N)COCc1ccccc1. The van der Waals surface area contributed by atoms with E-state index in [1.54, 1.807) is 13.8 Å². The van der Waals surface area contributed by atoms with Gasteiger partial charge in [0.1, 0.15) is 6.04 Å². The summed E-state index contributed by atoms with van der Waals surface area (Å²) in [5.74, 6) is -0.423. The fourth-order valence-electron chi connectivity index (χ4n) is 1.27. The van der Waals surface area contributed by atoms with Gasteiger partial charge in [0, 0.05) is 0 Å². The molecule has 0 aliphatic rings. The van der Waals surface area contributed by atoms with Crippen LogP contribution in [0.3, 0.4) is 0 Å². The van der Waals surface area contributed by atoms with Crippen molar-refractivity contribution in [3.05, 3.63) is 35.9 Å². The number of hydrogen-bond donors (Lipinski definition) is 1. The number of esters is 1. The second kappa shape index (κ2) is 7.04. The second-order valence-corrected chi connectivity index (χ2v) is 4.09. The highest BCUT2D eigenvalue weighted by Gasteiger charge is 2.16. The Labute approximate surface area is 102 Å². The molecule has 0 amide bonds. The Balaban J connectivity index is 2.24. The van der Waals surface area contributed by atoms with E-state index in [-0.39, 0.29) is 12.7 Å². The Bertz CT molecular complexity index is 338. The minimum absolute atomic E-state index is 0.150. The summed E-state index contributed by atoms with van der Waals surface area (Å²) in [5, 5.41) is 0. The van der Waals surface area contributed by atoms with E-state index in [2.05, 4.69) is 0 Å². The first kappa shape index (κ1) is 13.7. The predicted octanol–water partition coefficient (Wildman–Crippen LogP) is 1.48. The van der Waals surface area contributed by atoms with Gasteiger partial charge in [0.05, 0.1) is 19.3 Å². The third kappa shape index (κ3) is 5.47. The molecule has 0 saturated heterocycles. The zero-order valence-electron chi connectivity index (χ0n) is 10.3. The summed E-state index contributed by atoms with van der Waals surface area (Å²) in [4.78, 5) is 11.4. The highest BCUT2D eigenvalue weighted by Crippen LogP contribution is 2.01. The molecule has 0 spiro atoms. The van der Waals surface area contributed by atoms with Crippen LogP contribution in [0.1, 0.15) is 19.4 Å². The van der Waals surface area contributed by atoms with Crippen molar-refractivity contribution in [1.82, 2.24) is 0 Å². The summed E-state index contributed by atoms with van der Waals surface area (Å²) >= 11 is 0. The van der Waals surface area contributed by atoms with Gasteiger partial charge >= 0.3 is 5.97 Å². The average molecular weight is 237 g/mol. The molecule has 1 aromatic carbocycles. The van der Waals surface area contributed by atoms with Crippen LogP contribution < -0.4 is 5.73 Å². The van der Waals surface area contributed by atoms with E-state index in [0.29, 0.717) is 6.61 Å². The van der Waals surface area contributed by atoms with Gasteiger partial charge in [-0.3, -0.25) is 4.79 Å². The van der Waals surface area contributed by atoms with Gasteiger partial charge in [-0.15, -0.1) is 0 Å². The van der Waals surface area contributed by atoms with E-state index in [0.717, 1.165) is 5.56 Å². The van der Waals surface area contributed by atoms with Crippen LogP contribution in [0, 0.1) is 0 Å². The van der Waals surface area contributed by atoms with E-state index < -0.39 is 12.0 Å². The summed E-state index contributed by atoms with van der Waals surface area (Å²) in [6, 6.07) is 9.00. The van der Waals surface area contributed by atoms with Crippen LogP contribution in [0.25, 0.3) is 0 Å². The summed E-state index contributed by atoms with van der Waals surface area (Å²) < 4.78 is 10.3. The fraction of sp³-hybridized carbons (Fsp3) is 0.462. The molecule has 0 aliphatic carbocycles. The second-order valence-electron chi connectivity index (χ2n) is 4.09. The largest absolute Gasteiger partial charge is 0.462 e. The Morgan fingerprint density at radius 1 is 1.29 bits per heavy atom. The average Bonchev–Trinajstić information content (AvgIpc) is 2.29. The van der Waals surface area contributed by atoms with Gasteiger partial charge in [0.25, 0.3) is 0 Å². The minimum Gasteiger partial charge on any atom is -0.462 e. The molecule has 0 aromatic heterocycles. The number of carbonyl (C=O) groups is 1. The van der Waals surface area contributed by atoms with Crippen molar-refractivity contribution in [2.45, 2.75) is 32.6 Å². The Morgan fingerprint density at radius 3 is 2.53 bits per heavy atom. The normalized spacial score (nSPS) is 12.5. The summed E-state index contributed by atoms with van der Waals surface area (Å²) in [6.45, 7) is 4.19. The maximum Gasteiger partial charge on any atom is 0.325 e. The lowest BCUT2D eigenvalue weighted by Gasteiger charge is -2.14. The van der Waals surface area contributed by atoms with Gasteiger partial charge in [-0.25, -0.2) is 0 Å². The molecule has 0 bridgehead atoms. The molecule has 0 fully saturated rings. The van der Waals surface area contributed by atoms with Crippen LogP contribution in [0.2, 0.25) is 0 Å². The summed E-state index contributed by atoms with van der Waals surface area (Å²) in [6.07, 6.45) is -0.150. The summed E-state index contributed by atoms with van der Waals surface area (Å²) in [7, 11) is 0. The number of hydrogen-bond acceptors (Lipinski definition) is 4. The third-order valence-corrected chi connectivity index (χ3v) is 2.06. The molecule has 0 aliphatic heterocycles. The van der Waals surface area contributed by atoms with Crippen molar-refractivity contribution in [2.24, 2.45) is 5.73 Å². The van der Waals surface area contributed by atoms with Crippen LogP contribution in [0.15, 0.2) is 30.3 Å². The molecule has 17 heavy (non-hydrogen) atoms.